The Morgan fingerprint density at radius 2 is 1.55 bits per heavy atom. The minimum Gasteiger partial charge on any atom is -0.420 e. The Balaban J connectivity index is 1.91. The zero-order valence-corrected chi connectivity index (χ0v) is 18.7. The van der Waals surface area contributed by atoms with E-state index in [4.69, 9.17) is 4.74 Å². The van der Waals surface area contributed by atoms with E-state index in [-0.39, 0.29) is 17.0 Å². The van der Waals surface area contributed by atoms with Gasteiger partial charge in [0.05, 0.1) is 20.7 Å². The molecule has 0 fully saturated rings. The summed E-state index contributed by atoms with van der Waals surface area (Å²) in [5, 5.41) is 2.26. The van der Waals surface area contributed by atoms with Gasteiger partial charge in [-0.1, -0.05) is 72.8 Å². The van der Waals surface area contributed by atoms with Crippen molar-refractivity contribution in [2.45, 2.75) is 25.9 Å². The van der Waals surface area contributed by atoms with Gasteiger partial charge < -0.3 is 9.64 Å². The molecule has 0 saturated carbocycles. The average Bonchev–Trinajstić information content (AvgIpc) is 2.77. The highest BCUT2D eigenvalue weighted by Gasteiger charge is 2.44. The maximum Gasteiger partial charge on any atom is 0.516 e. The van der Waals surface area contributed by atoms with Crippen LogP contribution in [-0.2, 0) is 22.5 Å². The lowest BCUT2D eigenvalue weighted by molar-refractivity contribution is -0.834. The van der Waals surface area contributed by atoms with Crippen LogP contribution in [0.3, 0.4) is 0 Å². The summed E-state index contributed by atoms with van der Waals surface area (Å²) in [7, 11) is 5.28. The smallest absolute Gasteiger partial charge is 0.420 e. The molecule has 3 aromatic carbocycles. The molecule has 0 aliphatic carbocycles. The maximum absolute atomic E-state index is 13.6. The second kappa shape index (κ2) is 9.75. The lowest BCUT2D eigenvalue weighted by Gasteiger charge is -2.35. The summed E-state index contributed by atoms with van der Waals surface area (Å²) in [6.07, 6.45) is 0.0315. The standard InChI is InChI=1S/C26H31N2O3/c1-5-31-26(30)28(3,4)24(25(29)27(2)19-20-11-7-6-8-12-20)18-21-15-16-22-13-9-10-14-23(22)17-21/h6-17,24H,5,18-19H2,1-4H3/q+1. The Hall–Kier alpha value is -3.18. The second-order valence-electron chi connectivity index (χ2n) is 8.32. The van der Waals surface area contributed by atoms with Crippen LogP contribution in [0.15, 0.2) is 72.8 Å². The lowest BCUT2D eigenvalue weighted by Crippen LogP contribution is -2.60. The molecular weight excluding hydrogens is 388 g/mol. The molecule has 0 saturated heterocycles. The molecule has 2 amide bonds. The molecule has 0 aromatic heterocycles. The molecular formula is C26H31N2O3+. The molecule has 0 aliphatic heterocycles. The molecule has 0 radical (unpaired) electrons. The van der Waals surface area contributed by atoms with Gasteiger partial charge >= 0.3 is 6.09 Å². The van der Waals surface area contributed by atoms with Crippen molar-refractivity contribution < 1.29 is 18.8 Å². The number of likely N-dealkylation sites (N-methyl/N-ethyl adjacent to an activating group) is 2. The van der Waals surface area contributed by atoms with Crippen molar-refractivity contribution in [3.05, 3.63) is 83.9 Å². The van der Waals surface area contributed by atoms with Gasteiger partial charge in [0.2, 0.25) is 0 Å². The van der Waals surface area contributed by atoms with Gasteiger partial charge in [0.1, 0.15) is 0 Å². The first-order valence-corrected chi connectivity index (χ1v) is 10.6. The van der Waals surface area contributed by atoms with Crippen molar-refractivity contribution in [1.82, 2.24) is 4.90 Å². The number of carbonyl (C=O) groups excluding carboxylic acids is 2. The van der Waals surface area contributed by atoms with E-state index in [1.807, 2.05) is 48.5 Å². The van der Waals surface area contributed by atoms with Gasteiger partial charge in [0.25, 0.3) is 5.91 Å². The SMILES string of the molecule is CCOC(=O)[N+](C)(C)C(Cc1ccc2ccccc2c1)C(=O)N(C)Cc1ccccc1. The van der Waals surface area contributed by atoms with Crippen molar-refractivity contribution in [2.24, 2.45) is 0 Å². The molecule has 1 atom stereocenters. The number of quaternary nitrogens is 1. The van der Waals surface area contributed by atoms with Crippen LogP contribution in [0.4, 0.5) is 4.79 Å². The first-order chi connectivity index (χ1) is 14.8. The van der Waals surface area contributed by atoms with Crippen LogP contribution >= 0.6 is 0 Å². The van der Waals surface area contributed by atoms with Gasteiger partial charge in [-0.05, 0) is 28.8 Å². The van der Waals surface area contributed by atoms with Gasteiger partial charge in [-0.2, -0.15) is 4.79 Å². The van der Waals surface area contributed by atoms with Crippen LogP contribution in [0.25, 0.3) is 10.8 Å². The van der Waals surface area contributed by atoms with Crippen LogP contribution in [-0.4, -0.2) is 55.2 Å². The molecule has 162 valence electrons. The second-order valence-corrected chi connectivity index (χ2v) is 8.32. The summed E-state index contributed by atoms with van der Waals surface area (Å²) in [6, 6.07) is 23.6. The molecule has 31 heavy (non-hydrogen) atoms. The van der Waals surface area contributed by atoms with Crippen molar-refractivity contribution >= 4 is 22.8 Å². The number of rotatable bonds is 7. The molecule has 0 heterocycles. The monoisotopic (exact) mass is 419 g/mol. The molecule has 0 aliphatic rings. The minimum atomic E-state index is -0.603. The van der Waals surface area contributed by atoms with Gasteiger partial charge in [-0.3, -0.25) is 4.79 Å². The number of hydrogen-bond acceptors (Lipinski definition) is 3. The highest BCUT2D eigenvalue weighted by molar-refractivity contribution is 5.85. The number of nitrogens with zero attached hydrogens (tertiary/aromatic N) is 2. The third-order valence-electron chi connectivity index (χ3n) is 5.68. The number of fused-ring (bicyclic) bond motifs is 1. The highest BCUT2D eigenvalue weighted by atomic mass is 16.6. The summed E-state index contributed by atoms with van der Waals surface area (Å²) in [6.45, 7) is 2.54. The van der Waals surface area contributed by atoms with Crippen LogP contribution in [0, 0.1) is 0 Å². The van der Waals surface area contributed by atoms with Gasteiger partial charge in [-0.25, -0.2) is 4.48 Å². The van der Waals surface area contributed by atoms with E-state index >= 15 is 0 Å². The molecule has 1 unspecified atom stereocenters. The summed E-state index contributed by atoms with van der Waals surface area (Å²) in [5.41, 5.74) is 2.06. The van der Waals surface area contributed by atoms with E-state index in [0.717, 1.165) is 21.9 Å². The molecule has 5 heteroatoms. The Morgan fingerprint density at radius 3 is 2.23 bits per heavy atom. The molecule has 0 bridgehead atoms. The number of hydrogen-bond donors (Lipinski definition) is 0. The van der Waals surface area contributed by atoms with E-state index in [9.17, 15) is 9.59 Å². The van der Waals surface area contributed by atoms with Crippen LogP contribution < -0.4 is 0 Å². The van der Waals surface area contributed by atoms with E-state index in [1.54, 1.807) is 33.0 Å². The van der Waals surface area contributed by atoms with E-state index < -0.39 is 12.1 Å². The number of ether oxygens (including phenoxy) is 1. The molecule has 3 aromatic rings. The molecule has 3 rings (SSSR count). The fourth-order valence-electron chi connectivity index (χ4n) is 3.79. The minimum absolute atomic E-state index is 0.0879. The maximum atomic E-state index is 13.6. The quantitative estimate of drug-likeness (QED) is 0.524. The largest absolute Gasteiger partial charge is 0.516 e. The Morgan fingerprint density at radius 1 is 0.903 bits per heavy atom. The molecule has 5 nitrogen and oxygen atoms in total. The number of amides is 2. The Kier molecular flexibility index (Phi) is 7.08. The zero-order chi connectivity index (χ0) is 22.4. The first-order valence-electron chi connectivity index (χ1n) is 10.6. The normalized spacial score (nSPS) is 12.4. The van der Waals surface area contributed by atoms with Crippen molar-refractivity contribution in [2.75, 3.05) is 27.7 Å². The molecule has 0 spiro atoms. The van der Waals surface area contributed by atoms with Crippen molar-refractivity contribution in [3.8, 4) is 0 Å². The van der Waals surface area contributed by atoms with Gasteiger partial charge in [0.15, 0.2) is 6.04 Å². The average molecular weight is 420 g/mol. The van der Waals surface area contributed by atoms with E-state index in [1.165, 1.54) is 0 Å². The zero-order valence-electron chi connectivity index (χ0n) is 18.7. The van der Waals surface area contributed by atoms with Crippen molar-refractivity contribution in [3.63, 3.8) is 0 Å². The fourth-order valence-corrected chi connectivity index (χ4v) is 3.79. The number of benzene rings is 3. The molecule has 0 N–H and O–H groups in total. The lowest BCUT2D eigenvalue weighted by atomic mass is 9.99. The first kappa shape index (κ1) is 22.5. The predicted octanol–water partition coefficient (Wildman–Crippen LogP) is 4.64. The van der Waals surface area contributed by atoms with Crippen LogP contribution in [0.2, 0.25) is 0 Å². The van der Waals surface area contributed by atoms with Gasteiger partial charge in [-0.15, -0.1) is 0 Å². The third-order valence-corrected chi connectivity index (χ3v) is 5.68. The predicted molar refractivity (Wildman–Crippen MR) is 123 cm³/mol. The van der Waals surface area contributed by atoms with Crippen LogP contribution in [0.1, 0.15) is 18.1 Å². The van der Waals surface area contributed by atoms with E-state index in [0.29, 0.717) is 13.0 Å². The number of carbonyl (C=O) groups is 2. The Bertz CT molecular complexity index is 1050. The Labute approximate surface area is 184 Å². The topological polar surface area (TPSA) is 46.6 Å². The summed E-state index contributed by atoms with van der Waals surface area (Å²) in [4.78, 5) is 28.0. The van der Waals surface area contributed by atoms with E-state index in [2.05, 4.69) is 24.3 Å². The summed E-state index contributed by atoms with van der Waals surface area (Å²) >= 11 is 0. The fraction of sp³-hybridized carbons (Fsp3) is 0.308. The highest BCUT2D eigenvalue weighted by Crippen LogP contribution is 2.22. The summed E-state index contributed by atoms with van der Waals surface area (Å²) in [5.74, 6) is -0.0879. The third kappa shape index (κ3) is 5.30. The van der Waals surface area contributed by atoms with Crippen molar-refractivity contribution in [1.29, 1.82) is 0 Å². The summed E-state index contributed by atoms with van der Waals surface area (Å²) < 4.78 is 5.14. The van der Waals surface area contributed by atoms with Crippen LogP contribution in [0.5, 0.6) is 0 Å². The van der Waals surface area contributed by atoms with Gasteiger partial charge in [0, 0.05) is 20.0 Å².